The maximum Gasteiger partial charge on any atom is 0.322 e. The zero-order chi connectivity index (χ0) is 13.5. The number of hydrogen-bond acceptors (Lipinski definition) is 5. The molecule has 0 aliphatic carbocycles. The van der Waals surface area contributed by atoms with Crippen LogP contribution in [0.3, 0.4) is 0 Å². The van der Waals surface area contributed by atoms with Crippen LogP contribution in [0.5, 0.6) is 0 Å². The Labute approximate surface area is 110 Å². The third-order valence-corrected chi connectivity index (χ3v) is 3.92. The summed E-state index contributed by atoms with van der Waals surface area (Å²) in [5.74, 6) is -0.172. The molecule has 18 heavy (non-hydrogen) atoms. The van der Waals surface area contributed by atoms with Gasteiger partial charge >= 0.3 is 5.97 Å². The Balaban J connectivity index is 2.31. The standard InChI is InChI=1S/C13H27N3O2/c1-14-12(13(17)18-4)7-10-16(3)11-5-8-15(2)9-6-11/h11-12,14H,5-10H2,1-4H3. The second-order valence-corrected chi connectivity index (χ2v) is 5.17. The quantitative estimate of drug-likeness (QED) is 0.687. The number of rotatable bonds is 6. The van der Waals surface area contributed by atoms with Crippen LogP contribution in [0.4, 0.5) is 0 Å². The number of likely N-dealkylation sites (N-methyl/N-ethyl adjacent to an activating group) is 1. The van der Waals surface area contributed by atoms with Crippen molar-refractivity contribution >= 4 is 5.97 Å². The van der Waals surface area contributed by atoms with E-state index < -0.39 is 0 Å². The highest BCUT2D eigenvalue weighted by Gasteiger charge is 2.22. The number of nitrogens with one attached hydrogen (secondary N) is 1. The lowest BCUT2D eigenvalue weighted by Gasteiger charge is -2.35. The zero-order valence-electron chi connectivity index (χ0n) is 12.1. The van der Waals surface area contributed by atoms with E-state index in [2.05, 4.69) is 29.2 Å². The normalized spacial score (nSPS) is 20.1. The van der Waals surface area contributed by atoms with Crippen LogP contribution < -0.4 is 5.32 Å². The molecule has 5 heteroatoms. The van der Waals surface area contributed by atoms with Gasteiger partial charge in [-0.1, -0.05) is 0 Å². The van der Waals surface area contributed by atoms with Crippen molar-refractivity contribution in [3.05, 3.63) is 0 Å². The molecular weight excluding hydrogens is 230 g/mol. The van der Waals surface area contributed by atoms with Crippen molar-refractivity contribution < 1.29 is 9.53 Å². The SMILES string of the molecule is CNC(CCN(C)C1CCN(C)CC1)C(=O)OC. The predicted octanol–water partition coefficient (Wildman–Crippen LogP) is 0.164. The van der Waals surface area contributed by atoms with Gasteiger partial charge in [0.05, 0.1) is 7.11 Å². The average molecular weight is 257 g/mol. The van der Waals surface area contributed by atoms with Gasteiger partial charge in [0.25, 0.3) is 0 Å². The number of hydrogen-bond donors (Lipinski definition) is 1. The summed E-state index contributed by atoms with van der Waals surface area (Å²) in [6, 6.07) is 0.458. The van der Waals surface area contributed by atoms with Crippen molar-refractivity contribution in [2.75, 3.05) is 47.9 Å². The number of carbonyl (C=O) groups excluding carboxylic acids is 1. The fraction of sp³-hybridized carbons (Fsp3) is 0.923. The summed E-state index contributed by atoms with van der Waals surface area (Å²) in [5, 5.41) is 3.01. The van der Waals surface area contributed by atoms with Crippen LogP contribution in [-0.2, 0) is 9.53 Å². The van der Waals surface area contributed by atoms with Crippen LogP contribution >= 0.6 is 0 Å². The van der Waals surface area contributed by atoms with Gasteiger partial charge < -0.3 is 19.9 Å². The van der Waals surface area contributed by atoms with Gasteiger partial charge in [-0.15, -0.1) is 0 Å². The maximum absolute atomic E-state index is 11.5. The van der Waals surface area contributed by atoms with Gasteiger partial charge in [-0.25, -0.2) is 0 Å². The molecule has 0 spiro atoms. The van der Waals surface area contributed by atoms with E-state index in [9.17, 15) is 4.79 Å². The molecule has 1 saturated heterocycles. The number of ether oxygens (including phenoxy) is 1. The van der Waals surface area contributed by atoms with Gasteiger partial charge in [0.1, 0.15) is 6.04 Å². The Kier molecular flexibility index (Phi) is 6.60. The summed E-state index contributed by atoms with van der Waals surface area (Å²) < 4.78 is 4.77. The Morgan fingerprint density at radius 1 is 1.50 bits per heavy atom. The number of likely N-dealkylation sites (tertiary alicyclic amines) is 1. The maximum atomic E-state index is 11.5. The summed E-state index contributed by atoms with van der Waals surface area (Å²) in [6.45, 7) is 3.26. The van der Waals surface area contributed by atoms with E-state index in [4.69, 9.17) is 4.74 Å². The highest BCUT2D eigenvalue weighted by Crippen LogP contribution is 2.14. The Hall–Kier alpha value is -0.650. The van der Waals surface area contributed by atoms with E-state index >= 15 is 0 Å². The summed E-state index contributed by atoms with van der Waals surface area (Å²) in [4.78, 5) is 16.2. The summed E-state index contributed by atoms with van der Waals surface area (Å²) >= 11 is 0. The molecule has 0 bridgehead atoms. The lowest BCUT2D eigenvalue weighted by atomic mass is 10.0. The van der Waals surface area contributed by atoms with Crippen molar-refractivity contribution in [3.8, 4) is 0 Å². The van der Waals surface area contributed by atoms with E-state index in [0.717, 1.165) is 13.0 Å². The van der Waals surface area contributed by atoms with Crippen molar-refractivity contribution in [2.24, 2.45) is 0 Å². The van der Waals surface area contributed by atoms with Gasteiger partial charge in [-0.3, -0.25) is 4.79 Å². The fourth-order valence-corrected chi connectivity index (χ4v) is 2.47. The third-order valence-electron chi connectivity index (χ3n) is 3.92. The summed E-state index contributed by atoms with van der Waals surface area (Å²) in [5.41, 5.74) is 0. The molecule has 1 unspecified atom stereocenters. The van der Waals surface area contributed by atoms with Crippen molar-refractivity contribution in [1.29, 1.82) is 0 Å². The molecule has 1 heterocycles. The second kappa shape index (κ2) is 7.71. The molecular formula is C13H27N3O2. The number of carbonyl (C=O) groups is 1. The van der Waals surface area contributed by atoms with Gasteiger partial charge in [0.2, 0.25) is 0 Å². The first kappa shape index (κ1) is 15.4. The number of methoxy groups -OCH3 is 1. The summed E-state index contributed by atoms with van der Waals surface area (Å²) in [6.07, 6.45) is 3.23. The Morgan fingerprint density at radius 2 is 2.11 bits per heavy atom. The molecule has 5 nitrogen and oxygen atoms in total. The monoisotopic (exact) mass is 257 g/mol. The average Bonchev–Trinajstić information content (AvgIpc) is 2.39. The van der Waals surface area contributed by atoms with Gasteiger partial charge in [-0.05, 0) is 53.5 Å². The van der Waals surface area contributed by atoms with E-state index in [-0.39, 0.29) is 12.0 Å². The molecule has 106 valence electrons. The molecule has 0 radical (unpaired) electrons. The van der Waals surface area contributed by atoms with Crippen LogP contribution in [-0.4, -0.2) is 75.7 Å². The van der Waals surface area contributed by atoms with Crippen LogP contribution in [0, 0.1) is 0 Å². The molecule has 1 fully saturated rings. The lowest BCUT2D eigenvalue weighted by molar-refractivity contribution is -0.143. The molecule has 0 saturated carbocycles. The van der Waals surface area contributed by atoms with Crippen molar-refractivity contribution in [3.63, 3.8) is 0 Å². The highest BCUT2D eigenvalue weighted by molar-refractivity contribution is 5.75. The molecule has 0 aromatic carbocycles. The van der Waals surface area contributed by atoms with Crippen LogP contribution in [0.15, 0.2) is 0 Å². The molecule has 0 aromatic rings. The molecule has 1 aliphatic heterocycles. The third kappa shape index (κ3) is 4.55. The number of piperidine rings is 1. The van der Waals surface area contributed by atoms with E-state index in [0.29, 0.717) is 6.04 Å². The Bertz CT molecular complexity index is 253. The highest BCUT2D eigenvalue weighted by atomic mass is 16.5. The first-order valence-corrected chi connectivity index (χ1v) is 6.72. The zero-order valence-corrected chi connectivity index (χ0v) is 12.1. The Morgan fingerprint density at radius 3 is 2.61 bits per heavy atom. The number of nitrogens with zero attached hydrogens (tertiary/aromatic N) is 2. The largest absolute Gasteiger partial charge is 0.468 e. The number of esters is 1. The topological polar surface area (TPSA) is 44.8 Å². The molecule has 0 aromatic heterocycles. The van der Waals surface area contributed by atoms with Crippen LogP contribution in [0.2, 0.25) is 0 Å². The minimum absolute atomic E-state index is 0.172. The predicted molar refractivity (Wildman–Crippen MR) is 72.6 cm³/mol. The smallest absolute Gasteiger partial charge is 0.322 e. The van der Waals surface area contributed by atoms with E-state index in [1.165, 1.54) is 33.0 Å². The molecule has 0 amide bonds. The van der Waals surface area contributed by atoms with Gasteiger partial charge in [-0.2, -0.15) is 0 Å². The van der Waals surface area contributed by atoms with E-state index in [1.54, 1.807) is 7.05 Å². The van der Waals surface area contributed by atoms with Crippen LogP contribution in [0.25, 0.3) is 0 Å². The first-order chi connectivity index (χ1) is 8.58. The first-order valence-electron chi connectivity index (χ1n) is 6.72. The van der Waals surface area contributed by atoms with Crippen LogP contribution in [0.1, 0.15) is 19.3 Å². The van der Waals surface area contributed by atoms with Crippen molar-refractivity contribution in [1.82, 2.24) is 15.1 Å². The van der Waals surface area contributed by atoms with Gasteiger partial charge in [0.15, 0.2) is 0 Å². The summed E-state index contributed by atoms with van der Waals surface area (Å²) in [7, 11) is 7.56. The molecule has 1 N–H and O–H groups in total. The minimum Gasteiger partial charge on any atom is -0.468 e. The van der Waals surface area contributed by atoms with Gasteiger partial charge in [0, 0.05) is 12.6 Å². The minimum atomic E-state index is -0.191. The fourth-order valence-electron chi connectivity index (χ4n) is 2.47. The van der Waals surface area contributed by atoms with E-state index in [1.807, 2.05) is 0 Å². The molecule has 1 rings (SSSR count). The lowest BCUT2D eigenvalue weighted by Crippen LogP contribution is -2.44. The molecule has 1 aliphatic rings. The second-order valence-electron chi connectivity index (χ2n) is 5.17. The molecule has 1 atom stereocenters. The van der Waals surface area contributed by atoms with Crippen molar-refractivity contribution in [2.45, 2.75) is 31.3 Å².